The fourth-order valence-corrected chi connectivity index (χ4v) is 3.45. The Morgan fingerprint density at radius 1 is 0.725 bits per heavy atom. The maximum atomic E-state index is 13.2. The first-order valence-electron chi connectivity index (χ1n) is 12.3. The minimum Gasteiger partial charge on any atom is -0.478 e. The molecule has 0 saturated heterocycles. The molecule has 10 nitrogen and oxygen atoms in total. The first-order valence-corrected chi connectivity index (χ1v) is 12.3. The Hall–Kier alpha value is -4.99. The molecule has 208 valence electrons. The molecule has 0 radical (unpaired) electrons. The van der Waals surface area contributed by atoms with Crippen LogP contribution in [0.5, 0.6) is 0 Å². The number of carboxylic acid groups (broad SMARTS) is 1. The number of aliphatic carboxylic acids is 1. The first-order chi connectivity index (χ1) is 19.0. The quantitative estimate of drug-likeness (QED) is 0.272. The second-order valence-corrected chi connectivity index (χ2v) is 9.05. The van der Waals surface area contributed by atoms with E-state index in [2.05, 4.69) is 5.32 Å². The van der Waals surface area contributed by atoms with Crippen molar-refractivity contribution in [1.29, 1.82) is 0 Å². The minimum atomic E-state index is -2.23. The SMILES string of the molecule is Cc1ccc(C(=O)OC(C(=O)O)C(OC(=O)c2ccc(C)cc2)C(=O)NC(C)C(=O)OCc2ccccc2)cc1. The van der Waals surface area contributed by atoms with Gasteiger partial charge in [-0.1, -0.05) is 65.7 Å². The van der Waals surface area contributed by atoms with Crippen molar-refractivity contribution < 1.29 is 43.3 Å². The van der Waals surface area contributed by atoms with Crippen LogP contribution in [0.3, 0.4) is 0 Å². The Morgan fingerprint density at radius 3 is 1.68 bits per heavy atom. The van der Waals surface area contributed by atoms with Gasteiger partial charge in [0.25, 0.3) is 5.91 Å². The minimum absolute atomic E-state index is 0.0266. The lowest BCUT2D eigenvalue weighted by Gasteiger charge is -2.24. The topological polar surface area (TPSA) is 145 Å². The summed E-state index contributed by atoms with van der Waals surface area (Å²) in [7, 11) is 0. The van der Waals surface area contributed by atoms with E-state index in [9.17, 15) is 29.1 Å². The standard InChI is InChI=1S/C30H29NO9/c1-18-9-13-22(14-10-18)29(36)39-24(25(27(33)34)40-30(37)23-15-11-19(2)12-16-23)26(32)31-20(3)28(35)38-17-21-7-5-4-6-8-21/h4-16,20,24-25H,17H2,1-3H3,(H,31,32)(H,33,34). The summed E-state index contributed by atoms with van der Waals surface area (Å²) in [5.41, 5.74) is 2.48. The van der Waals surface area contributed by atoms with Gasteiger partial charge in [0.2, 0.25) is 12.2 Å². The summed E-state index contributed by atoms with van der Waals surface area (Å²) in [6.07, 6.45) is -4.36. The van der Waals surface area contributed by atoms with Gasteiger partial charge in [-0.3, -0.25) is 4.79 Å². The zero-order valence-corrected chi connectivity index (χ0v) is 22.2. The summed E-state index contributed by atoms with van der Waals surface area (Å²) in [6.45, 7) is 4.86. The van der Waals surface area contributed by atoms with Gasteiger partial charge in [0, 0.05) is 0 Å². The van der Waals surface area contributed by atoms with E-state index in [1.807, 2.05) is 0 Å². The summed E-state index contributed by atoms with van der Waals surface area (Å²) in [5.74, 6) is -5.81. The molecule has 40 heavy (non-hydrogen) atoms. The van der Waals surface area contributed by atoms with Crippen LogP contribution in [0.1, 0.15) is 44.3 Å². The lowest BCUT2D eigenvalue weighted by atomic mass is 10.1. The molecule has 10 heteroatoms. The number of hydrogen-bond donors (Lipinski definition) is 2. The Morgan fingerprint density at radius 2 is 1.20 bits per heavy atom. The second-order valence-electron chi connectivity index (χ2n) is 9.05. The van der Waals surface area contributed by atoms with Crippen molar-refractivity contribution in [2.75, 3.05) is 0 Å². The number of ether oxygens (including phenoxy) is 3. The first kappa shape index (κ1) is 29.6. The van der Waals surface area contributed by atoms with Gasteiger partial charge < -0.3 is 24.6 Å². The molecule has 3 aromatic rings. The number of aryl methyl sites for hydroxylation is 2. The van der Waals surface area contributed by atoms with Crippen LogP contribution in [-0.4, -0.2) is 53.1 Å². The summed E-state index contributed by atoms with van der Waals surface area (Å²) < 4.78 is 15.6. The van der Waals surface area contributed by atoms with Crippen molar-refractivity contribution in [1.82, 2.24) is 5.32 Å². The summed E-state index contributed by atoms with van der Waals surface area (Å²) >= 11 is 0. The fraction of sp³-hybridized carbons (Fsp3) is 0.233. The lowest BCUT2D eigenvalue weighted by Crippen LogP contribution is -2.53. The highest BCUT2D eigenvalue weighted by Gasteiger charge is 2.41. The van der Waals surface area contributed by atoms with Crippen LogP contribution >= 0.6 is 0 Å². The van der Waals surface area contributed by atoms with Crippen molar-refractivity contribution in [3.8, 4) is 0 Å². The van der Waals surface area contributed by atoms with Gasteiger partial charge >= 0.3 is 23.9 Å². The van der Waals surface area contributed by atoms with Crippen molar-refractivity contribution >= 4 is 29.8 Å². The molecule has 3 atom stereocenters. The highest BCUT2D eigenvalue weighted by atomic mass is 16.6. The van der Waals surface area contributed by atoms with Crippen LogP contribution in [0.2, 0.25) is 0 Å². The third-order valence-electron chi connectivity index (χ3n) is 5.76. The highest BCUT2D eigenvalue weighted by molar-refractivity contribution is 5.97. The maximum Gasteiger partial charge on any atom is 0.349 e. The molecule has 0 heterocycles. The van der Waals surface area contributed by atoms with Crippen molar-refractivity contribution in [2.24, 2.45) is 0 Å². The summed E-state index contributed by atoms with van der Waals surface area (Å²) in [5, 5.41) is 12.2. The van der Waals surface area contributed by atoms with E-state index in [0.717, 1.165) is 11.1 Å². The van der Waals surface area contributed by atoms with E-state index < -0.39 is 48.0 Å². The molecule has 0 bridgehead atoms. The molecule has 3 unspecified atom stereocenters. The molecule has 0 aliphatic heterocycles. The molecular weight excluding hydrogens is 518 g/mol. The molecule has 0 aliphatic rings. The molecule has 2 N–H and O–H groups in total. The predicted molar refractivity (Wildman–Crippen MR) is 142 cm³/mol. The van der Waals surface area contributed by atoms with Crippen molar-refractivity contribution in [3.63, 3.8) is 0 Å². The maximum absolute atomic E-state index is 13.2. The third kappa shape index (κ3) is 8.26. The Bertz CT molecular complexity index is 1350. The molecule has 3 rings (SSSR count). The van der Waals surface area contributed by atoms with Crippen LogP contribution in [0.4, 0.5) is 0 Å². The van der Waals surface area contributed by atoms with Gasteiger partial charge in [-0.25, -0.2) is 19.2 Å². The number of nitrogens with one attached hydrogen (secondary N) is 1. The number of rotatable bonds is 11. The van der Waals surface area contributed by atoms with Gasteiger partial charge in [0.05, 0.1) is 11.1 Å². The van der Waals surface area contributed by atoms with Gasteiger partial charge in [-0.05, 0) is 50.6 Å². The number of carbonyl (C=O) groups is 5. The summed E-state index contributed by atoms with van der Waals surface area (Å²) in [4.78, 5) is 63.4. The lowest BCUT2D eigenvalue weighted by molar-refractivity contribution is -0.160. The van der Waals surface area contributed by atoms with E-state index in [4.69, 9.17) is 14.2 Å². The van der Waals surface area contributed by atoms with Gasteiger partial charge in [-0.2, -0.15) is 0 Å². The Kier molecular flexibility index (Phi) is 10.1. The number of carboxylic acids is 1. The van der Waals surface area contributed by atoms with Crippen LogP contribution in [0.25, 0.3) is 0 Å². The van der Waals surface area contributed by atoms with Crippen molar-refractivity contribution in [3.05, 3.63) is 107 Å². The number of esters is 3. The Labute approximate surface area is 230 Å². The zero-order valence-electron chi connectivity index (χ0n) is 22.2. The molecule has 1 amide bonds. The predicted octanol–water partition coefficient (Wildman–Crippen LogP) is 3.39. The van der Waals surface area contributed by atoms with E-state index in [-0.39, 0.29) is 17.7 Å². The van der Waals surface area contributed by atoms with Crippen molar-refractivity contribution in [2.45, 2.75) is 45.6 Å². The van der Waals surface area contributed by atoms with E-state index in [1.165, 1.54) is 31.2 Å². The fourth-order valence-electron chi connectivity index (χ4n) is 3.45. The summed E-state index contributed by atoms with van der Waals surface area (Å²) in [6, 6.07) is 19.8. The van der Waals surface area contributed by atoms with E-state index >= 15 is 0 Å². The van der Waals surface area contributed by atoms with E-state index in [0.29, 0.717) is 5.56 Å². The van der Waals surface area contributed by atoms with Gasteiger partial charge in [0.15, 0.2) is 0 Å². The van der Waals surface area contributed by atoms with Crippen LogP contribution < -0.4 is 5.32 Å². The molecule has 0 fully saturated rings. The number of hydrogen-bond acceptors (Lipinski definition) is 8. The number of carbonyl (C=O) groups excluding carboxylic acids is 4. The second kappa shape index (κ2) is 13.7. The highest BCUT2D eigenvalue weighted by Crippen LogP contribution is 2.15. The number of benzene rings is 3. The van der Waals surface area contributed by atoms with Gasteiger partial charge in [0.1, 0.15) is 12.6 Å². The van der Waals surface area contributed by atoms with Crippen LogP contribution in [-0.2, 0) is 35.2 Å². The third-order valence-corrected chi connectivity index (χ3v) is 5.76. The van der Waals surface area contributed by atoms with Crippen LogP contribution in [0.15, 0.2) is 78.9 Å². The molecular formula is C30H29NO9. The number of amides is 1. The monoisotopic (exact) mass is 547 g/mol. The molecule has 3 aromatic carbocycles. The van der Waals surface area contributed by atoms with Crippen LogP contribution in [0, 0.1) is 13.8 Å². The average molecular weight is 548 g/mol. The Balaban J connectivity index is 1.80. The van der Waals surface area contributed by atoms with Gasteiger partial charge in [-0.15, -0.1) is 0 Å². The molecule has 0 aromatic heterocycles. The average Bonchev–Trinajstić information content (AvgIpc) is 2.94. The van der Waals surface area contributed by atoms with E-state index in [1.54, 1.807) is 68.4 Å². The zero-order chi connectivity index (χ0) is 29.2. The smallest absolute Gasteiger partial charge is 0.349 e. The molecule has 0 saturated carbocycles. The largest absolute Gasteiger partial charge is 0.478 e. The normalized spacial score (nSPS) is 12.8. The molecule has 0 spiro atoms. The molecule has 0 aliphatic carbocycles.